The first-order valence-corrected chi connectivity index (χ1v) is 7.79. The summed E-state index contributed by atoms with van der Waals surface area (Å²) < 4.78 is 13.2. The second-order valence-corrected chi connectivity index (χ2v) is 6.38. The molecule has 1 saturated heterocycles. The normalized spacial score (nSPS) is 15.8. The summed E-state index contributed by atoms with van der Waals surface area (Å²) in [5.74, 6) is -0.374. The second-order valence-electron chi connectivity index (χ2n) is 6.11. The van der Waals surface area contributed by atoms with Crippen LogP contribution in [-0.2, 0) is 4.79 Å². The lowest BCUT2D eigenvalue weighted by Crippen LogP contribution is -2.53. The van der Waals surface area contributed by atoms with Crippen LogP contribution in [0.5, 0.6) is 0 Å². The molecule has 1 aromatic rings. The fourth-order valence-corrected chi connectivity index (χ4v) is 2.52. The molecule has 0 saturated carbocycles. The van der Waals surface area contributed by atoms with E-state index in [0.29, 0.717) is 31.7 Å². The lowest BCUT2D eigenvalue weighted by atomic mass is 9.94. The lowest BCUT2D eigenvalue weighted by molar-refractivity contribution is -0.140. The van der Waals surface area contributed by atoms with E-state index in [1.165, 1.54) is 18.2 Å². The van der Waals surface area contributed by atoms with Gasteiger partial charge in [-0.15, -0.1) is 11.6 Å². The number of hydrogen-bond donors (Lipinski definition) is 0. The Kier molecular flexibility index (Phi) is 5.06. The van der Waals surface area contributed by atoms with Gasteiger partial charge in [0.25, 0.3) is 5.91 Å². The summed E-state index contributed by atoms with van der Waals surface area (Å²) in [6, 6.07) is 5.66. The zero-order valence-corrected chi connectivity index (χ0v) is 13.6. The average Bonchev–Trinajstić information content (AvgIpc) is 2.53. The Morgan fingerprint density at radius 2 is 1.77 bits per heavy atom. The van der Waals surface area contributed by atoms with E-state index in [2.05, 4.69) is 0 Å². The fourth-order valence-electron chi connectivity index (χ4n) is 2.40. The van der Waals surface area contributed by atoms with Gasteiger partial charge in [0, 0.05) is 37.6 Å². The number of alkyl halides is 1. The molecule has 0 unspecified atom stereocenters. The van der Waals surface area contributed by atoms with E-state index in [1.54, 1.807) is 15.9 Å². The Bertz CT molecular complexity index is 569. The van der Waals surface area contributed by atoms with E-state index >= 15 is 0 Å². The molecule has 4 nitrogen and oxygen atoms in total. The summed E-state index contributed by atoms with van der Waals surface area (Å²) in [5.41, 5.74) is -0.267. The highest BCUT2D eigenvalue weighted by Gasteiger charge is 2.33. The molecule has 2 rings (SSSR count). The average molecular weight is 327 g/mol. The first kappa shape index (κ1) is 16.7. The molecule has 120 valence electrons. The van der Waals surface area contributed by atoms with Gasteiger partial charge in [0.1, 0.15) is 5.82 Å². The first-order valence-electron chi connectivity index (χ1n) is 7.25. The third-order valence-electron chi connectivity index (χ3n) is 3.84. The SMILES string of the molecule is CC(C)(CCl)C(=O)N1CCN(C(=O)c2cccc(F)c2)CC1. The number of rotatable bonds is 3. The maximum Gasteiger partial charge on any atom is 0.254 e. The topological polar surface area (TPSA) is 40.6 Å². The van der Waals surface area contributed by atoms with Gasteiger partial charge < -0.3 is 9.80 Å². The van der Waals surface area contributed by atoms with Gasteiger partial charge in [0.15, 0.2) is 0 Å². The van der Waals surface area contributed by atoms with Gasteiger partial charge in [-0.25, -0.2) is 4.39 Å². The van der Waals surface area contributed by atoms with Crippen LogP contribution in [0.2, 0.25) is 0 Å². The summed E-state index contributed by atoms with van der Waals surface area (Å²) >= 11 is 5.83. The zero-order valence-electron chi connectivity index (χ0n) is 12.8. The Morgan fingerprint density at radius 3 is 2.32 bits per heavy atom. The predicted molar refractivity (Wildman–Crippen MR) is 83.4 cm³/mol. The van der Waals surface area contributed by atoms with Crippen LogP contribution in [0, 0.1) is 11.2 Å². The molecule has 0 bridgehead atoms. The minimum absolute atomic E-state index is 0.000328. The zero-order chi connectivity index (χ0) is 16.3. The van der Waals surface area contributed by atoms with Crippen LogP contribution < -0.4 is 0 Å². The van der Waals surface area contributed by atoms with Crippen molar-refractivity contribution in [3.63, 3.8) is 0 Å². The molecule has 2 amide bonds. The number of nitrogens with zero attached hydrogens (tertiary/aromatic N) is 2. The molecule has 6 heteroatoms. The highest BCUT2D eigenvalue weighted by molar-refractivity contribution is 6.19. The highest BCUT2D eigenvalue weighted by atomic mass is 35.5. The van der Waals surface area contributed by atoms with Crippen LogP contribution >= 0.6 is 11.6 Å². The molecule has 1 aliphatic heterocycles. The molecule has 22 heavy (non-hydrogen) atoms. The summed E-state index contributed by atoms with van der Waals surface area (Å²) in [4.78, 5) is 28.0. The number of carbonyl (C=O) groups is 2. The van der Waals surface area contributed by atoms with Crippen molar-refractivity contribution in [1.29, 1.82) is 0 Å². The Labute approximate surface area is 134 Å². The number of amides is 2. The summed E-state index contributed by atoms with van der Waals surface area (Å²) in [7, 11) is 0. The molecule has 0 atom stereocenters. The van der Waals surface area contributed by atoms with E-state index in [-0.39, 0.29) is 17.7 Å². The number of benzene rings is 1. The molecule has 1 aliphatic rings. The summed E-state index contributed by atoms with van der Waals surface area (Å²) in [5, 5.41) is 0. The molecule has 0 N–H and O–H groups in total. The number of halogens is 2. The van der Waals surface area contributed by atoms with Gasteiger partial charge >= 0.3 is 0 Å². The summed E-state index contributed by atoms with van der Waals surface area (Å²) in [6.07, 6.45) is 0. The number of carbonyl (C=O) groups excluding carboxylic acids is 2. The Hall–Kier alpha value is -1.62. The van der Waals surface area contributed by atoms with E-state index in [1.807, 2.05) is 13.8 Å². The number of piperazine rings is 1. The van der Waals surface area contributed by atoms with Crippen molar-refractivity contribution in [3.05, 3.63) is 35.6 Å². The van der Waals surface area contributed by atoms with Crippen molar-refractivity contribution in [2.24, 2.45) is 5.41 Å². The highest BCUT2D eigenvalue weighted by Crippen LogP contribution is 2.22. The standard InChI is InChI=1S/C16H20ClFN2O2/c1-16(2,11-17)15(22)20-8-6-19(7-9-20)14(21)12-4-3-5-13(18)10-12/h3-5,10H,6-9,11H2,1-2H3. The molecular formula is C16H20ClFN2O2. The van der Waals surface area contributed by atoms with E-state index < -0.39 is 11.2 Å². The largest absolute Gasteiger partial charge is 0.339 e. The van der Waals surface area contributed by atoms with E-state index in [0.717, 1.165) is 0 Å². The molecule has 0 spiro atoms. The second kappa shape index (κ2) is 6.65. The van der Waals surface area contributed by atoms with Gasteiger partial charge in [0.05, 0.1) is 5.41 Å². The van der Waals surface area contributed by atoms with Crippen molar-refractivity contribution < 1.29 is 14.0 Å². The lowest BCUT2D eigenvalue weighted by Gasteiger charge is -2.38. The monoisotopic (exact) mass is 326 g/mol. The predicted octanol–water partition coefficient (Wildman–Crippen LogP) is 2.38. The van der Waals surface area contributed by atoms with E-state index in [4.69, 9.17) is 11.6 Å². The molecule has 1 aromatic carbocycles. The smallest absolute Gasteiger partial charge is 0.254 e. The van der Waals surface area contributed by atoms with Crippen LogP contribution in [0.15, 0.2) is 24.3 Å². The van der Waals surface area contributed by atoms with Crippen LogP contribution in [0.4, 0.5) is 4.39 Å². The third-order valence-corrected chi connectivity index (χ3v) is 4.51. The minimum Gasteiger partial charge on any atom is -0.339 e. The third kappa shape index (κ3) is 3.58. The Morgan fingerprint density at radius 1 is 1.18 bits per heavy atom. The maximum atomic E-state index is 13.2. The Balaban J connectivity index is 1.98. The number of hydrogen-bond acceptors (Lipinski definition) is 2. The summed E-state index contributed by atoms with van der Waals surface area (Å²) in [6.45, 7) is 5.46. The minimum atomic E-state index is -0.601. The molecular weight excluding hydrogens is 307 g/mol. The van der Waals surface area contributed by atoms with Crippen molar-refractivity contribution in [2.45, 2.75) is 13.8 Å². The van der Waals surface area contributed by atoms with Gasteiger partial charge in [0.2, 0.25) is 5.91 Å². The van der Waals surface area contributed by atoms with Gasteiger partial charge in [-0.1, -0.05) is 6.07 Å². The first-order chi connectivity index (χ1) is 10.3. The molecule has 1 fully saturated rings. The van der Waals surface area contributed by atoms with Crippen molar-refractivity contribution in [1.82, 2.24) is 9.80 Å². The molecule has 1 heterocycles. The molecule has 0 aromatic heterocycles. The van der Waals surface area contributed by atoms with Crippen LogP contribution in [-0.4, -0.2) is 53.7 Å². The quantitative estimate of drug-likeness (QED) is 0.800. The van der Waals surface area contributed by atoms with Crippen LogP contribution in [0.25, 0.3) is 0 Å². The fraction of sp³-hybridized carbons (Fsp3) is 0.500. The maximum absolute atomic E-state index is 13.2. The van der Waals surface area contributed by atoms with Gasteiger partial charge in [-0.3, -0.25) is 9.59 Å². The molecule has 0 aliphatic carbocycles. The van der Waals surface area contributed by atoms with Crippen LogP contribution in [0.3, 0.4) is 0 Å². The van der Waals surface area contributed by atoms with Crippen molar-refractivity contribution in [2.75, 3.05) is 32.1 Å². The molecule has 0 radical (unpaired) electrons. The van der Waals surface area contributed by atoms with Gasteiger partial charge in [-0.2, -0.15) is 0 Å². The van der Waals surface area contributed by atoms with Crippen LogP contribution in [0.1, 0.15) is 24.2 Å². The van der Waals surface area contributed by atoms with Crippen molar-refractivity contribution >= 4 is 23.4 Å². The van der Waals surface area contributed by atoms with E-state index in [9.17, 15) is 14.0 Å². The van der Waals surface area contributed by atoms with Gasteiger partial charge in [-0.05, 0) is 32.0 Å². The van der Waals surface area contributed by atoms with Crippen molar-refractivity contribution in [3.8, 4) is 0 Å².